The summed E-state index contributed by atoms with van der Waals surface area (Å²) >= 11 is 1.80. The van der Waals surface area contributed by atoms with E-state index in [9.17, 15) is 4.79 Å². The Kier molecular flexibility index (Phi) is 32.5. The topological polar surface area (TPSA) is 26.3 Å². The lowest BCUT2D eigenvalue weighted by molar-refractivity contribution is 0.103. The Labute approximate surface area is 673 Å². The van der Waals surface area contributed by atoms with Crippen LogP contribution in [-0.2, 0) is 0 Å². The minimum atomic E-state index is 0.0471. The third kappa shape index (κ3) is 29.4. The molecule has 0 amide bonds. The van der Waals surface area contributed by atoms with Crippen LogP contribution in [0.25, 0.3) is 45.5 Å². The largest absolute Gasteiger partial charge is 0.457 e. The summed E-state index contributed by atoms with van der Waals surface area (Å²) in [5.74, 6) is 8.12. The van der Waals surface area contributed by atoms with E-state index in [0.717, 1.165) is 44.9 Å². The summed E-state index contributed by atoms with van der Waals surface area (Å²) in [4.78, 5) is 15.4. The molecule has 0 aromatic heterocycles. The first-order valence-electron chi connectivity index (χ1n) is 38.3. The van der Waals surface area contributed by atoms with E-state index in [-0.39, 0.29) is 5.78 Å². The molecule has 0 fully saturated rings. The Morgan fingerprint density at radius 3 is 0.607 bits per heavy atom. The van der Waals surface area contributed by atoms with Crippen LogP contribution in [0.5, 0.6) is 11.5 Å². The summed E-state index contributed by atoms with van der Waals surface area (Å²) in [5, 5.41) is 0. The molecule has 0 unspecified atom stereocenters. The minimum Gasteiger partial charge on any atom is -0.457 e. The van der Waals surface area contributed by atoms with E-state index in [1.807, 2.05) is 97.1 Å². The molecule has 15 aromatic carbocycles. The molecular weight excluding hydrogens is 1370 g/mol. The summed E-state index contributed by atoms with van der Waals surface area (Å²) in [6.45, 7) is 29.3. The van der Waals surface area contributed by atoms with Gasteiger partial charge in [-0.05, 0) is 214 Å². The number of hydrogen-bond acceptors (Lipinski definition) is 3. The van der Waals surface area contributed by atoms with Crippen molar-refractivity contribution in [1.29, 1.82) is 0 Å². The van der Waals surface area contributed by atoms with E-state index < -0.39 is 0 Å². The van der Waals surface area contributed by atoms with Gasteiger partial charge in [0, 0.05) is 32.0 Å². The molecule has 0 atom stereocenters. The van der Waals surface area contributed by atoms with Crippen molar-refractivity contribution in [2.45, 2.75) is 107 Å². The van der Waals surface area contributed by atoms with Gasteiger partial charge in [0.05, 0.1) is 0 Å². The van der Waals surface area contributed by atoms with Gasteiger partial charge in [-0.1, -0.05) is 405 Å². The first-order valence-corrected chi connectivity index (χ1v) is 39.1. The van der Waals surface area contributed by atoms with Crippen molar-refractivity contribution < 1.29 is 9.53 Å². The summed E-state index contributed by atoms with van der Waals surface area (Å²) in [6.07, 6.45) is 4.29. The highest BCUT2D eigenvalue weighted by Gasteiger charge is 2.11. The molecule has 0 saturated heterocycles. The highest BCUT2D eigenvalue weighted by molar-refractivity contribution is 7.99. The Bertz CT molecular complexity index is 4950. The summed E-state index contributed by atoms with van der Waals surface area (Å²) in [7, 11) is 0. The fraction of sp³-hybridized carbons (Fsp3) is 0.128. The molecule has 0 aliphatic carbocycles. The molecule has 0 saturated carbocycles. The van der Waals surface area contributed by atoms with Gasteiger partial charge in [-0.2, -0.15) is 0 Å². The third-order valence-corrected chi connectivity index (χ3v) is 19.4. The maximum absolute atomic E-state index is 12.8. The number of carbonyl (C=O) groups excluding carboxylic acids is 1. The second-order valence-corrected chi connectivity index (χ2v) is 29.8. The quantitative estimate of drug-likeness (QED) is 0.0733. The molecule has 0 spiro atoms. The monoisotopic (exact) mass is 1480 g/mol. The summed E-state index contributed by atoms with van der Waals surface area (Å²) < 4.78 is 5.69. The number of carbonyl (C=O) groups is 1. The van der Waals surface area contributed by atoms with Gasteiger partial charge >= 0.3 is 0 Å². The van der Waals surface area contributed by atoms with Crippen molar-refractivity contribution >= 4 is 29.7 Å². The normalized spacial score (nSPS) is 10.2. The average Bonchev–Trinajstić information content (AvgIpc) is 0.821. The maximum atomic E-state index is 12.8. The van der Waals surface area contributed by atoms with Crippen LogP contribution in [0, 0.1) is 109 Å². The van der Waals surface area contributed by atoms with Gasteiger partial charge < -0.3 is 4.74 Å². The molecule has 15 aromatic rings. The number of aryl methyl sites for hydroxylation is 14. The zero-order valence-electron chi connectivity index (χ0n) is 67.5. The number of hydrogen-bond donors (Lipinski definition) is 0. The van der Waals surface area contributed by atoms with Crippen LogP contribution in [0.2, 0.25) is 0 Å². The Morgan fingerprint density at radius 2 is 0.384 bits per heavy atom. The van der Waals surface area contributed by atoms with E-state index in [1.165, 1.54) is 110 Å². The maximum Gasteiger partial charge on any atom is 0.193 e. The zero-order valence-corrected chi connectivity index (χ0v) is 68.3. The van der Waals surface area contributed by atoms with Gasteiger partial charge in [-0.3, -0.25) is 4.79 Å². The van der Waals surface area contributed by atoms with Crippen molar-refractivity contribution in [3.63, 3.8) is 0 Å². The molecule has 15 rings (SSSR count). The van der Waals surface area contributed by atoms with Crippen LogP contribution in [-0.4, -0.2) is 5.78 Å². The van der Waals surface area contributed by atoms with E-state index in [0.29, 0.717) is 11.1 Å². The fourth-order valence-corrected chi connectivity index (χ4v) is 11.9. The first-order chi connectivity index (χ1) is 54.1. The second-order valence-electron chi connectivity index (χ2n) is 28.7. The van der Waals surface area contributed by atoms with Gasteiger partial charge in [0.2, 0.25) is 0 Å². The molecule has 0 aliphatic heterocycles. The molecule has 112 heavy (non-hydrogen) atoms. The molecule has 0 aliphatic rings. The van der Waals surface area contributed by atoms with Gasteiger partial charge in [-0.25, -0.2) is 0 Å². The lowest BCUT2D eigenvalue weighted by Crippen LogP contribution is -2.00. The number of rotatable bonds is 11. The number of ketones is 1. The molecule has 2 nitrogen and oxygen atoms in total. The highest BCUT2D eigenvalue weighted by atomic mass is 32.2. The van der Waals surface area contributed by atoms with Crippen molar-refractivity contribution in [2.24, 2.45) is 0 Å². The fourth-order valence-electron chi connectivity index (χ4n) is 11.1. The van der Waals surface area contributed by atoms with Crippen molar-refractivity contribution in [1.82, 2.24) is 0 Å². The van der Waals surface area contributed by atoms with E-state index in [2.05, 4.69) is 388 Å². The van der Waals surface area contributed by atoms with E-state index in [1.54, 1.807) is 11.8 Å². The predicted molar refractivity (Wildman–Crippen MR) is 482 cm³/mol. The summed E-state index contributed by atoms with van der Waals surface area (Å²) in [5.41, 5.74) is 31.1. The number of benzene rings is 15. The molecular formula is C109H104O2S. The Balaban J connectivity index is 0.000000154. The average molecular weight is 1480 g/mol. The zero-order chi connectivity index (χ0) is 79.6. The SMILES string of the molecule is Cc1ccc(-c2ccc(C(=O)c3ccc(-c4ccc(C)cc4)cc3)cc2)cc1.Cc1ccc(-c2ccc(C)cc2)cc1.Cc1ccc(/C=C/c2ccc(C)cc2)cc1.Cc1ccc(C#Cc2ccc(C)cc2)cc1.Cc1ccc(C)cc1.Cc1ccc(Oc2ccc(C)cc2)cc1.Cc1ccc(Sc2ccc(C)cc2)cc1. The second kappa shape index (κ2) is 43.6. The molecule has 3 heteroatoms. The minimum absolute atomic E-state index is 0.0471. The van der Waals surface area contributed by atoms with Crippen molar-refractivity contribution in [3.8, 4) is 56.7 Å². The van der Waals surface area contributed by atoms with Crippen molar-refractivity contribution in [3.05, 3.63) is 475 Å². The smallest absolute Gasteiger partial charge is 0.193 e. The van der Waals surface area contributed by atoms with Gasteiger partial charge in [0.25, 0.3) is 0 Å². The van der Waals surface area contributed by atoms with Crippen molar-refractivity contribution in [2.75, 3.05) is 0 Å². The van der Waals surface area contributed by atoms with Gasteiger partial charge in [-0.15, -0.1) is 0 Å². The highest BCUT2D eigenvalue weighted by Crippen LogP contribution is 2.29. The van der Waals surface area contributed by atoms with Crippen LogP contribution in [0.4, 0.5) is 0 Å². The lowest BCUT2D eigenvalue weighted by Gasteiger charge is -2.07. The van der Waals surface area contributed by atoms with Crippen LogP contribution in [0.1, 0.15) is 116 Å². The number of ether oxygens (including phenoxy) is 1. The molecule has 0 heterocycles. The molecule has 558 valence electrons. The standard InChI is InChI=1S/C27H22O.C16H16.C16H14.C14H14O.C14H14S.C14H14.C8H10/c1-19-3-7-21(8-4-19)23-11-15-25(16-12-23)27(28)26-17-13-24(14-18-26)22-9-5-20(2)6-10-22;2*1-13-3-7-15(8-4-13)11-12-16-9-5-14(2)6-10-16;2*1-11-3-7-13(8-4-11)15-14-9-5-12(2)6-10-14;1-11-3-7-13(8-4-11)14-9-5-12(2)6-10-14;1-7-3-5-8(2)6-4-7/h3-18H,1-2H3;3-12H,1-2H3;3-10H,1-2H3;2*3-10H,1-2H3;3-10H,1-2H3;3-6H,1-2H3/b;12-11+;;;;;. The van der Waals surface area contributed by atoms with Gasteiger partial charge in [0.15, 0.2) is 5.78 Å². The Hall–Kier alpha value is -12.6. The molecule has 0 N–H and O–H groups in total. The Morgan fingerprint density at radius 1 is 0.214 bits per heavy atom. The van der Waals surface area contributed by atoms with Crippen LogP contribution in [0.3, 0.4) is 0 Å². The van der Waals surface area contributed by atoms with E-state index in [4.69, 9.17) is 4.74 Å². The third-order valence-electron chi connectivity index (χ3n) is 18.4. The van der Waals surface area contributed by atoms with Crippen LogP contribution in [0.15, 0.2) is 374 Å². The van der Waals surface area contributed by atoms with Crippen LogP contribution < -0.4 is 4.74 Å². The molecule has 0 bridgehead atoms. The van der Waals surface area contributed by atoms with E-state index >= 15 is 0 Å². The molecule has 0 radical (unpaired) electrons. The first kappa shape index (κ1) is 83.5. The summed E-state index contributed by atoms with van der Waals surface area (Å²) in [6, 6.07) is 125. The lowest BCUT2D eigenvalue weighted by atomic mass is 9.97. The predicted octanol–water partition coefficient (Wildman–Crippen LogP) is 29.9. The van der Waals surface area contributed by atoms with Gasteiger partial charge in [0.1, 0.15) is 11.5 Å². The van der Waals surface area contributed by atoms with Crippen LogP contribution >= 0.6 is 11.8 Å².